The molecule has 1 fully saturated rings. The van der Waals surface area contributed by atoms with Gasteiger partial charge in [-0.1, -0.05) is 0 Å². The fraction of sp³-hybridized carbons (Fsp3) is 0.500. The molecule has 0 unspecified atom stereocenters. The van der Waals surface area contributed by atoms with Crippen molar-refractivity contribution in [1.82, 2.24) is 0 Å². The Kier molecular flexibility index (Phi) is 4.04. The lowest BCUT2D eigenvalue weighted by Gasteiger charge is -2.01. The van der Waals surface area contributed by atoms with E-state index in [-0.39, 0.29) is 30.8 Å². The van der Waals surface area contributed by atoms with E-state index in [1.165, 1.54) is 7.11 Å². The van der Waals surface area contributed by atoms with Crippen LogP contribution in [0.25, 0.3) is 0 Å². The fourth-order valence-corrected chi connectivity index (χ4v) is 1.30. The van der Waals surface area contributed by atoms with Gasteiger partial charge in [-0.05, 0) is 6.42 Å². The minimum absolute atomic E-state index is 0.0747. The molecule has 0 aliphatic carbocycles. The summed E-state index contributed by atoms with van der Waals surface area (Å²) in [7, 11) is 1.26. The number of cyclic esters (lactones) is 1. The molecule has 6 nitrogen and oxygen atoms in total. The van der Waals surface area contributed by atoms with E-state index in [1.54, 1.807) is 0 Å². The lowest BCUT2D eigenvalue weighted by atomic mass is 10.1. The van der Waals surface area contributed by atoms with Crippen molar-refractivity contribution in [2.75, 3.05) is 13.7 Å². The van der Waals surface area contributed by atoms with Crippen molar-refractivity contribution in [2.45, 2.75) is 19.3 Å². The summed E-state index contributed by atoms with van der Waals surface area (Å²) < 4.78 is 8.85. The van der Waals surface area contributed by atoms with Gasteiger partial charge >= 0.3 is 11.9 Å². The number of methoxy groups -OCH3 is 1. The molecule has 0 aromatic rings. The van der Waals surface area contributed by atoms with Gasteiger partial charge in [0.05, 0.1) is 7.11 Å². The predicted molar refractivity (Wildman–Crippen MR) is 51.5 cm³/mol. The van der Waals surface area contributed by atoms with Gasteiger partial charge in [-0.15, -0.1) is 0 Å². The van der Waals surface area contributed by atoms with Crippen molar-refractivity contribution in [3.05, 3.63) is 11.3 Å². The number of rotatable bonds is 4. The molecule has 0 aromatic carbocycles. The SMILES string of the molecule is COC(=O)CCCC(O)=C1C(=O)COC1=O. The maximum absolute atomic E-state index is 11.1. The molecular weight excluding hydrogens is 216 g/mol. The summed E-state index contributed by atoms with van der Waals surface area (Å²) in [6.45, 7) is -0.324. The van der Waals surface area contributed by atoms with Crippen LogP contribution in [0.2, 0.25) is 0 Å². The maximum atomic E-state index is 11.1. The molecule has 0 amide bonds. The number of carbonyl (C=O) groups excluding carboxylic acids is 3. The molecule has 1 N–H and O–H groups in total. The first-order chi connectivity index (χ1) is 7.56. The molecule has 1 aliphatic rings. The molecule has 0 spiro atoms. The van der Waals surface area contributed by atoms with Crippen LogP contribution in [0.4, 0.5) is 0 Å². The highest BCUT2D eigenvalue weighted by atomic mass is 16.5. The zero-order valence-corrected chi connectivity index (χ0v) is 8.82. The molecule has 1 aliphatic heterocycles. The fourth-order valence-electron chi connectivity index (χ4n) is 1.30. The lowest BCUT2D eigenvalue weighted by molar-refractivity contribution is -0.140. The highest BCUT2D eigenvalue weighted by Crippen LogP contribution is 2.17. The van der Waals surface area contributed by atoms with Gasteiger partial charge in [0.25, 0.3) is 0 Å². The second-order valence-corrected chi connectivity index (χ2v) is 3.25. The van der Waals surface area contributed by atoms with Crippen LogP contribution in [0.15, 0.2) is 11.3 Å². The second-order valence-electron chi connectivity index (χ2n) is 3.25. The Morgan fingerprint density at radius 2 is 2.12 bits per heavy atom. The van der Waals surface area contributed by atoms with Gasteiger partial charge < -0.3 is 14.6 Å². The number of allylic oxidation sites excluding steroid dienone is 1. The molecule has 1 heterocycles. The summed E-state index contributed by atoms with van der Waals surface area (Å²) in [5.74, 6) is -2.06. The molecule has 0 saturated carbocycles. The summed E-state index contributed by atoms with van der Waals surface area (Å²) in [4.78, 5) is 32.9. The largest absolute Gasteiger partial charge is 0.511 e. The van der Waals surface area contributed by atoms with Crippen molar-refractivity contribution in [2.24, 2.45) is 0 Å². The van der Waals surface area contributed by atoms with Gasteiger partial charge in [0, 0.05) is 12.8 Å². The molecule has 0 aromatic heterocycles. The van der Waals surface area contributed by atoms with Crippen molar-refractivity contribution in [3.8, 4) is 0 Å². The number of Topliss-reactive ketones (excluding diaryl/α,β-unsaturated/α-hetero) is 1. The van der Waals surface area contributed by atoms with Crippen molar-refractivity contribution in [1.29, 1.82) is 0 Å². The third-order valence-electron chi connectivity index (χ3n) is 2.13. The van der Waals surface area contributed by atoms with E-state index in [4.69, 9.17) is 0 Å². The van der Waals surface area contributed by atoms with E-state index in [9.17, 15) is 19.5 Å². The van der Waals surface area contributed by atoms with E-state index in [1.807, 2.05) is 0 Å². The number of aliphatic hydroxyl groups excluding tert-OH is 1. The third kappa shape index (κ3) is 2.82. The van der Waals surface area contributed by atoms with Crippen LogP contribution in [0.1, 0.15) is 19.3 Å². The Morgan fingerprint density at radius 3 is 2.62 bits per heavy atom. The molecule has 0 atom stereocenters. The van der Waals surface area contributed by atoms with Crippen LogP contribution < -0.4 is 0 Å². The summed E-state index contributed by atoms with van der Waals surface area (Å²) in [6.07, 6.45) is 0.505. The summed E-state index contributed by atoms with van der Waals surface area (Å²) in [5, 5.41) is 9.48. The maximum Gasteiger partial charge on any atom is 0.345 e. The number of aliphatic hydroxyl groups is 1. The summed E-state index contributed by atoms with van der Waals surface area (Å²) in [5.41, 5.74) is -0.301. The Balaban J connectivity index is 2.53. The number of carbonyl (C=O) groups is 3. The highest BCUT2D eigenvalue weighted by molar-refractivity contribution is 6.22. The van der Waals surface area contributed by atoms with Gasteiger partial charge in [-0.2, -0.15) is 0 Å². The normalized spacial score (nSPS) is 18.3. The molecule has 1 saturated heterocycles. The van der Waals surface area contributed by atoms with Gasteiger partial charge in [-0.25, -0.2) is 4.79 Å². The van der Waals surface area contributed by atoms with Crippen molar-refractivity contribution in [3.63, 3.8) is 0 Å². The molecule has 1 rings (SSSR count). The molecule has 6 heteroatoms. The number of ketones is 1. The summed E-state index contributed by atoms with van der Waals surface area (Å²) >= 11 is 0. The molecule has 88 valence electrons. The molecule has 16 heavy (non-hydrogen) atoms. The van der Waals surface area contributed by atoms with Gasteiger partial charge in [0.15, 0.2) is 6.61 Å². The number of esters is 2. The zero-order valence-electron chi connectivity index (χ0n) is 8.82. The van der Waals surface area contributed by atoms with Crippen LogP contribution in [-0.4, -0.2) is 36.5 Å². The standard InChI is InChI=1S/C10H12O6/c1-15-8(13)4-2-3-6(11)9-7(12)5-16-10(9)14/h11H,2-5H2,1H3. The third-order valence-corrected chi connectivity index (χ3v) is 2.13. The zero-order chi connectivity index (χ0) is 12.1. The first-order valence-corrected chi connectivity index (χ1v) is 4.75. The van der Waals surface area contributed by atoms with E-state index < -0.39 is 17.7 Å². The van der Waals surface area contributed by atoms with E-state index >= 15 is 0 Å². The monoisotopic (exact) mass is 228 g/mol. The lowest BCUT2D eigenvalue weighted by Crippen LogP contribution is -2.06. The highest BCUT2D eigenvalue weighted by Gasteiger charge is 2.31. The molecule has 0 radical (unpaired) electrons. The Bertz CT molecular complexity index is 336. The average molecular weight is 228 g/mol. The average Bonchev–Trinajstić information content (AvgIpc) is 2.58. The first-order valence-electron chi connectivity index (χ1n) is 4.75. The van der Waals surface area contributed by atoms with E-state index in [0.29, 0.717) is 6.42 Å². The van der Waals surface area contributed by atoms with Gasteiger partial charge in [0.1, 0.15) is 11.3 Å². The van der Waals surface area contributed by atoms with Crippen LogP contribution in [0.5, 0.6) is 0 Å². The minimum Gasteiger partial charge on any atom is -0.511 e. The van der Waals surface area contributed by atoms with Gasteiger partial charge in [0.2, 0.25) is 5.78 Å². The van der Waals surface area contributed by atoms with E-state index in [0.717, 1.165) is 0 Å². The van der Waals surface area contributed by atoms with Crippen LogP contribution in [0.3, 0.4) is 0 Å². The number of hydrogen-bond acceptors (Lipinski definition) is 6. The second kappa shape index (κ2) is 5.29. The van der Waals surface area contributed by atoms with Crippen LogP contribution in [0, 0.1) is 0 Å². The molecule has 0 bridgehead atoms. The Morgan fingerprint density at radius 1 is 1.44 bits per heavy atom. The van der Waals surface area contributed by atoms with Gasteiger partial charge in [-0.3, -0.25) is 9.59 Å². The van der Waals surface area contributed by atoms with E-state index in [2.05, 4.69) is 9.47 Å². The summed E-state index contributed by atoms with van der Waals surface area (Å²) in [6, 6.07) is 0. The first kappa shape index (κ1) is 12.2. The Hall–Kier alpha value is -1.85. The van der Waals surface area contributed by atoms with Crippen molar-refractivity contribution < 1.29 is 29.0 Å². The quantitative estimate of drug-likeness (QED) is 0.321. The Labute approximate surface area is 91.8 Å². The minimum atomic E-state index is -0.805. The van der Waals surface area contributed by atoms with Crippen LogP contribution in [-0.2, 0) is 23.9 Å². The topological polar surface area (TPSA) is 89.9 Å². The smallest absolute Gasteiger partial charge is 0.345 e. The molecular formula is C10H12O6. The number of ether oxygens (including phenoxy) is 2. The number of hydrogen-bond donors (Lipinski definition) is 1. The predicted octanol–water partition coefficient (Wildman–Crippen LogP) is 0.268. The van der Waals surface area contributed by atoms with Crippen molar-refractivity contribution >= 4 is 17.7 Å². The van der Waals surface area contributed by atoms with Crippen LogP contribution >= 0.6 is 0 Å².